The highest BCUT2D eigenvalue weighted by Gasteiger charge is 2.09. The van der Waals surface area contributed by atoms with Crippen LogP contribution in [0.2, 0.25) is 0 Å². The van der Waals surface area contributed by atoms with Crippen LogP contribution in [0, 0.1) is 0 Å². The van der Waals surface area contributed by atoms with Gasteiger partial charge in [0.15, 0.2) is 0 Å². The van der Waals surface area contributed by atoms with E-state index < -0.39 is 18.5 Å². The van der Waals surface area contributed by atoms with Gasteiger partial charge in [-0.25, -0.2) is 4.39 Å². The summed E-state index contributed by atoms with van der Waals surface area (Å²) in [4.78, 5) is 10.5. The summed E-state index contributed by atoms with van der Waals surface area (Å²) in [7, 11) is 0. The van der Waals surface area contributed by atoms with Crippen molar-refractivity contribution in [2.45, 2.75) is 19.5 Å². The van der Waals surface area contributed by atoms with E-state index in [1.165, 1.54) is 6.92 Å². The molecule has 1 aromatic rings. The van der Waals surface area contributed by atoms with Crippen molar-refractivity contribution >= 4 is 5.97 Å². The number of hydrogen-bond acceptors (Lipinski definition) is 2. The van der Waals surface area contributed by atoms with Crippen molar-refractivity contribution in [3.05, 3.63) is 35.9 Å². The smallest absolute Gasteiger partial charge is 0.302 e. The minimum Gasteiger partial charge on any atom is -0.466 e. The molecule has 0 fully saturated rings. The molecule has 0 heterocycles. The average molecular weight is 197 g/mol. The Morgan fingerprint density at radius 1 is 1.57 bits per heavy atom. The Hall–Kier alpha value is -1.38. The molecule has 0 aromatic heterocycles. The van der Waals surface area contributed by atoms with Gasteiger partial charge in [-0.15, -0.1) is 0 Å². The van der Waals surface area contributed by atoms with E-state index in [1.807, 2.05) is 0 Å². The zero-order valence-electron chi connectivity index (χ0n) is 8.94. The van der Waals surface area contributed by atoms with E-state index in [9.17, 15) is 9.18 Å². The monoisotopic (exact) mass is 197 g/mol. The summed E-state index contributed by atoms with van der Waals surface area (Å²) in [5.41, 5.74) is 0.435. The quantitative estimate of drug-likeness (QED) is 0.693. The highest BCUT2D eigenvalue weighted by atomic mass is 19.1. The molecule has 76 valence electrons. The first-order valence-corrected chi connectivity index (χ1v) is 4.36. The van der Waals surface area contributed by atoms with Crippen LogP contribution in [-0.2, 0) is 9.53 Å². The molecule has 3 heteroatoms. The largest absolute Gasteiger partial charge is 0.466 e. The summed E-state index contributed by atoms with van der Waals surface area (Å²) in [5.74, 6) is -0.493. The van der Waals surface area contributed by atoms with Gasteiger partial charge in [0.2, 0.25) is 0 Å². The maximum atomic E-state index is 13.6. The molecule has 0 aliphatic heterocycles. The van der Waals surface area contributed by atoms with Gasteiger partial charge in [0.05, 0.1) is 6.61 Å². The lowest BCUT2D eigenvalue weighted by Gasteiger charge is -2.07. The van der Waals surface area contributed by atoms with E-state index in [-0.39, 0.29) is 6.61 Å². The molecule has 0 aliphatic rings. The van der Waals surface area contributed by atoms with Crippen LogP contribution in [0.4, 0.5) is 4.39 Å². The molecular formula is C11H13FO2. The fraction of sp³-hybridized carbons (Fsp3) is 0.364. The van der Waals surface area contributed by atoms with Crippen molar-refractivity contribution in [2.24, 2.45) is 0 Å². The van der Waals surface area contributed by atoms with Gasteiger partial charge in [-0.05, 0) is 5.56 Å². The number of rotatable bonds is 4. The first-order chi connectivity index (χ1) is 7.11. The summed E-state index contributed by atoms with van der Waals surface area (Å²) in [6.45, 7) is 1.02. The van der Waals surface area contributed by atoms with E-state index in [0.29, 0.717) is 5.56 Å². The topological polar surface area (TPSA) is 26.3 Å². The predicted molar refractivity (Wildman–Crippen MR) is 51.5 cm³/mol. The van der Waals surface area contributed by atoms with Crippen LogP contribution in [0.25, 0.3) is 0 Å². The molecule has 0 spiro atoms. The van der Waals surface area contributed by atoms with Crippen LogP contribution in [-0.4, -0.2) is 12.6 Å². The molecule has 14 heavy (non-hydrogen) atoms. The van der Waals surface area contributed by atoms with Crippen molar-refractivity contribution in [2.75, 3.05) is 6.61 Å². The molecule has 0 unspecified atom stereocenters. The number of benzene rings is 1. The lowest BCUT2D eigenvalue weighted by Crippen LogP contribution is -2.03. The van der Waals surface area contributed by atoms with Gasteiger partial charge in [0, 0.05) is 14.7 Å². The minimum absolute atomic E-state index is 0.217. The fourth-order valence-electron chi connectivity index (χ4n) is 1.02. The molecule has 1 aromatic carbocycles. The Bertz CT molecular complexity index is 316. The van der Waals surface area contributed by atoms with Crippen LogP contribution in [0.5, 0.6) is 0 Å². The third-order valence-corrected chi connectivity index (χ3v) is 1.71. The van der Waals surface area contributed by atoms with E-state index in [2.05, 4.69) is 4.74 Å². The zero-order valence-corrected chi connectivity index (χ0v) is 7.94. The lowest BCUT2D eigenvalue weighted by molar-refractivity contribution is -0.141. The molecule has 0 saturated heterocycles. The molecular weight excluding hydrogens is 183 g/mol. The highest BCUT2D eigenvalue weighted by molar-refractivity contribution is 5.65. The number of ether oxygens (including phenoxy) is 1. The van der Waals surface area contributed by atoms with Crippen molar-refractivity contribution < 1.29 is 15.3 Å². The summed E-state index contributed by atoms with van der Waals surface area (Å²) in [6, 6.07) is 8.42. The molecule has 0 aliphatic carbocycles. The Morgan fingerprint density at radius 2 is 2.21 bits per heavy atom. The molecule has 0 N–H and O–H groups in total. The summed E-state index contributed by atoms with van der Waals surface area (Å²) >= 11 is 0. The van der Waals surface area contributed by atoms with Gasteiger partial charge in [0.25, 0.3) is 0 Å². The van der Waals surface area contributed by atoms with Crippen molar-refractivity contribution in [3.63, 3.8) is 0 Å². The number of hydrogen-bond donors (Lipinski definition) is 0. The summed E-state index contributed by atoms with van der Waals surface area (Å²) in [6.07, 6.45) is -2.50. The number of esters is 1. The number of alkyl halides is 1. The minimum atomic E-state index is -1.43. The van der Waals surface area contributed by atoms with Crippen LogP contribution in [0.15, 0.2) is 30.3 Å². The van der Waals surface area contributed by atoms with E-state index in [1.54, 1.807) is 30.3 Å². The summed E-state index contributed by atoms with van der Waals surface area (Å²) in [5, 5.41) is 0. The lowest BCUT2D eigenvalue weighted by atomic mass is 10.1. The average Bonchev–Trinajstić information content (AvgIpc) is 2.26. The number of halogens is 1. The van der Waals surface area contributed by atoms with E-state index >= 15 is 0 Å². The number of carbonyl (C=O) groups is 1. The second-order valence-electron chi connectivity index (χ2n) is 2.85. The normalized spacial score (nSPS) is 15.4. The Morgan fingerprint density at radius 3 is 2.79 bits per heavy atom. The first kappa shape index (κ1) is 9.19. The number of carbonyl (C=O) groups excluding carboxylic acids is 1. The van der Waals surface area contributed by atoms with Gasteiger partial charge >= 0.3 is 5.97 Å². The van der Waals surface area contributed by atoms with Gasteiger partial charge in [-0.2, -0.15) is 0 Å². The highest BCUT2D eigenvalue weighted by Crippen LogP contribution is 2.20. The van der Waals surface area contributed by atoms with E-state index in [4.69, 9.17) is 1.37 Å². The molecule has 0 saturated carbocycles. The first-order valence-electron chi connectivity index (χ1n) is 4.93. The Kier molecular flexibility index (Phi) is 3.52. The Balaban J connectivity index is 2.53. The summed E-state index contributed by atoms with van der Waals surface area (Å²) < 4.78 is 25.6. The van der Waals surface area contributed by atoms with Gasteiger partial charge in [-0.3, -0.25) is 4.79 Å². The van der Waals surface area contributed by atoms with Crippen LogP contribution < -0.4 is 0 Å². The molecule has 1 rings (SSSR count). The Labute approximate surface area is 84.1 Å². The molecule has 0 radical (unpaired) electrons. The standard InChI is InChI=1S/C11H13FO2/c1-9(13)14-8-7-11(12)10-5-3-2-4-6-10/h2-6,11H,7-8H2,1H3/t11-/m0/s1/i7D/t7-,11+/m1. The maximum Gasteiger partial charge on any atom is 0.302 e. The van der Waals surface area contributed by atoms with Crippen LogP contribution in [0.3, 0.4) is 0 Å². The second-order valence-corrected chi connectivity index (χ2v) is 2.85. The van der Waals surface area contributed by atoms with E-state index in [0.717, 1.165) is 0 Å². The SMILES string of the molecule is [2H][C@H](COC(C)=O)[C@H](F)c1ccccc1. The van der Waals surface area contributed by atoms with Gasteiger partial charge < -0.3 is 4.74 Å². The van der Waals surface area contributed by atoms with Gasteiger partial charge in [-0.1, -0.05) is 30.3 Å². The molecule has 2 atom stereocenters. The molecule has 0 amide bonds. The zero-order chi connectivity index (χ0) is 11.3. The molecule has 2 nitrogen and oxygen atoms in total. The van der Waals surface area contributed by atoms with Gasteiger partial charge in [0.1, 0.15) is 6.17 Å². The van der Waals surface area contributed by atoms with Crippen molar-refractivity contribution in [3.8, 4) is 0 Å². The third-order valence-electron chi connectivity index (χ3n) is 1.71. The maximum absolute atomic E-state index is 13.6. The van der Waals surface area contributed by atoms with Crippen molar-refractivity contribution in [1.29, 1.82) is 0 Å². The van der Waals surface area contributed by atoms with Crippen LogP contribution in [0.1, 0.15) is 26.4 Å². The van der Waals surface area contributed by atoms with Crippen molar-refractivity contribution in [1.82, 2.24) is 0 Å². The van der Waals surface area contributed by atoms with Crippen LogP contribution >= 0.6 is 0 Å². The second kappa shape index (κ2) is 5.37. The molecule has 0 bridgehead atoms. The third kappa shape index (κ3) is 3.56. The predicted octanol–water partition coefficient (Wildman–Crippen LogP) is 2.65. The fourth-order valence-corrected chi connectivity index (χ4v) is 1.02.